The molecule has 6 nitrogen and oxygen atoms in total. The molecule has 0 radical (unpaired) electrons. The number of nitrogens with zero attached hydrogens (tertiary/aromatic N) is 2. The molecule has 9 heteroatoms. The van der Waals surface area contributed by atoms with Crippen LogP contribution in [0.15, 0.2) is 34.9 Å². The summed E-state index contributed by atoms with van der Waals surface area (Å²) in [5.41, 5.74) is 2.45. The number of aromatic nitrogens is 3. The van der Waals surface area contributed by atoms with Crippen LogP contribution < -0.4 is 4.72 Å². The van der Waals surface area contributed by atoms with Gasteiger partial charge in [-0.25, -0.2) is 13.4 Å². The van der Waals surface area contributed by atoms with E-state index < -0.39 is 10.0 Å². The Kier molecular flexibility index (Phi) is 2.92. The SMILES string of the molecule is O=S(=O)(Nc1c(Cl)ccc2scnc12)c1cn[nH]c1. The normalized spacial score (nSPS) is 11.8. The topological polar surface area (TPSA) is 87.7 Å². The minimum Gasteiger partial charge on any atom is -0.284 e. The highest BCUT2D eigenvalue weighted by molar-refractivity contribution is 7.92. The Bertz CT molecular complexity index is 826. The standard InChI is InChI=1S/C10H7ClN4O2S2/c11-7-1-2-8-10(12-5-18-8)9(7)15-19(16,17)6-3-13-14-4-6/h1-5,15H,(H,13,14). The van der Waals surface area contributed by atoms with Crippen molar-refractivity contribution in [3.63, 3.8) is 0 Å². The zero-order valence-electron chi connectivity index (χ0n) is 9.29. The first-order chi connectivity index (χ1) is 9.08. The van der Waals surface area contributed by atoms with Gasteiger partial charge in [-0.15, -0.1) is 11.3 Å². The van der Waals surface area contributed by atoms with Gasteiger partial charge < -0.3 is 0 Å². The van der Waals surface area contributed by atoms with Crippen molar-refractivity contribution in [2.24, 2.45) is 0 Å². The van der Waals surface area contributed by atoms with Crippen molar-refractivity contribution in [1.82, 2.24) is 15.2 Å². The van der Waals surface area contributed by atoms with Gasteiger partial charge in [0.2, 0.25) is 0 Å². The summed E-state index contributed by atoms with van der Waals surface area (Å²) in [6, 6.07) is 3.43. The van der Waals surface area contributed by atoms with Crippen LogP contribution >= 0.6 is 22.9 Å². The van der Waals surface area contributed by atoms with E-state index in [9.17, 15) is 8.42 Å². The smallest absolute Gasteiger partial charge is 0.265 e. The van der Waals surface area contributed by atoms with E-state index in [0.717, 1.165) is 4.70 Å². The van der Waals surface area contributed by atoms with E-state index in [1.54, 1.807) is 17.6 Å². The number of rotatable bonds is 3. The van der Waals surface area contributed by atoms with Crippen molar-refractivity contribution in [2.45, 2.75) is 4.90 Å². The number of anilines is 1. The molecule has 0 atom stereocenters. The van der Waals surface area contributed by atoms with Gasteiger partial charge in [-0.2, -0.15) is 5.10 Å². The van der Waals surface area contributed by atoms with Gasteiger partial charge in [-0.1, -0.05) is 11.6 Å². The molecule has 0 aliphatic rings. The Morgan fingerprint density at radius 2 is 2.21 bits per heavy atom. The minimum atomic E-state index is -3.73. The second-order valence-corrected chi connectivity index (χ2v) is 6.64. The Labute approximate surface area is 117 Å². The van der Waals surface area contributed by atoms with Crippen molar-refractivity contribution in [1.29, 1.82) is 0 Å². The lowest BCUT2D eigenvalue weighted by Gasteiger charge is -2.08. The van der Waals surface area contributed by atoms with Crippen molar-refractivity contribution in [3.05, 3.63) is 35.1 Å². The van der Waals surface area contributed by atoms with Crippen LogP contribution in [0.4, 0.5) is 5.69 Å². The maximum Gasteiger partial charge on any atom is 0.265 e. The van der Waals surface area contributed by atoms with Crippen LogP contribution in [-0.2, 0) is 10.0 Å². The molecular weight excluding hydrogens is 308 g/mol. The van der Waals surface area contributed by atoms with E-state index in [1.807, 2.05) is 0 Å². The van der Waals surface area contributed by atoms with Gasteiger partial charge in [0.25, 0.3) is 10.0 Å². The third-order valence-corrected chi connectivity index (χ3v) is 4.90. The van der Waals surface area contributed by atoms with Crippen molar-refractivity contribution in [3.8, 4) is 0 Å². The largest absolute Gasteiger partial charge is 0.284 e. The molecule has 98 valence electrons. The maximum atomic E-state index is 12.1. The predicted octanol–water partition coefficient (Wildman–Crippen LogP) is 2.47. The monoisotopic (exact) mass is 314 g/mol. The molecule has 0 saturated heterocycles. The quantitative estimate of drug-likeness (QED) is 0.777. The molecule has 0 fully saturated rings. The summed E-state index contributed by atoms with van der Waals surface area (Å²) in [6.45, 7) is 0. The van der Waals surface area contributed by atoms with E-state index in [4.69, 9.17) is 11.6 Å². The van der Waals surface area contributed by atoms with Gasteiger partial charge in [-0.3, -0.25) is 9.82 Å². The van der Waals surface area contributed by atoms with E-state index in [2.05, 4.69) is 19.9 Å². The summed E-state index contributed by atoms with van der Waals surface area (Å²) >= 11 is 7.45. The lowest BCUT2D eigenvalue weighted by atomic mass is 10.3. The molecule has 0 spiro atoms. The molecule has 0 saturated carbocycles. The lowest BCUT2D eigenvalue weighted by Crippen LogP contribution is -2.12. The third-order valence-electron chi connectivity index (χ3n) is 2.47. The highest BCUT2D eigenvalue weighted by Crippen LogP contribution is 2.33. The fourth-order valence-corrected chi connectivity index (χ4v) is 3.52. The lowest BCUT2D eigenvalue weighted by molar-refractivity contribution is 0.601. The van der Waals surface area contributed by atoms with Crippen LogP contribution in [0.2, 0.25) is 5.02 Å². The van der Waals surface area contributed by atoms with Gasteiger partial charge in [0.1, 0.15) is 10.4 Å². The number of halogens is 1. The summed E-state index contributed by atoms with van der Waals surface area (Å²) < 4.78 is 27.6. The number of nitrogens with one attached hydrogen (secondary N) is 2. The van der Waals surface area contributed by atoms with Gasteiger partial charge in [0, 0.05) is 6.20 Å². The molecule has 19 heavy (non-hydrogen) atoms. The second kappa shape index (κ2) is 4.48. The van der Waals surface area contributed by atoms with Crippen LogP contribution in [0.3, 0.4) is 0 Å². The number of thiazole rings is 1. The Balaban J connectivity index is 2.11. The van der Waals surface area contributed by atoms with Gasteiger partial charge >= 0.3 is 0 Å². The van der Waals surface area contributed by atoms with Crippen molar-refractivity contribution < 1.29 is 8.42 Å². The number of fused-ring (bicyclic) bond motifs is 1. The molecular formula is C10H7ClN4O2S2. The number of sulfonamides is 1. The summed E-state index contributed by atoms with van der Waals surface area (Å²) in [5.74, 6) is 0. The summed E-state index contributed by atoms with van der Waals surface area (Å²) in [6.07, 6.45) is 2.51. The number of aromatic amines is 1. The average molecular weight is 315 g/mol. The molecule has 0 bridgehead atoms. The fraction of sp³-hybridized carbons (Fsp3) is 0. The highest BCUT2D eigenvalue weighted by Gasteiger charge is 2.19. The molecule has 0 amide bonds. The highest BCUT2D eigenvalue weighted by atomic mass is 35.5. The van der Waals surface area contributed by atoms with E-state index in [0.29, 0.717) is 10.5 Å². The Morgan fingerprint density at radius 3 is 2.95 bits per heavy atom. The van der Waals surface area contributed by atoms with E-state index >= 15 is 0 Å². The van der Waals surface area contributed by atoms with Crippen LogP contribution in [0, 0.1) is 0 Å². The molecule has 2 aromatic heterocycles. The van der Waals surface area contributed by atoms with E-state index in [-0.39, 0.29) is 10.6 Å². The van der Waals surface area contributed by atoms with Crippen LogP contribution in [0.5, 0.6) is 0 Å². The fourth-order valence-electron chi connectivity index (χ4n) is 1.58. The number of benzene rings is 1. The van der Waals surface area contributed by atoms with Gasteiger partial charge in [-0.05, 0) is 12.1 Å². The molecule has 3 aromatic rings. The van der Waals surface area contributed by atoms with Crippen LogP contribution in [0.1, 0.15) is 0 Å². The zero-order valence-corrected chi connectivity index (χ0v) is 11.7. The van der Waals surface area contributed by atoms with Gasteiger partial charge in [0.15, 0.2) is 0 Å². The van der Waals surface area contributed by atoms with Gasteiger partial charge in [0.05, 0.1) is 27.1 Å². The predicted molar refractivity (Wildman–Crippen MR) is 74.0 cm³/mol. The zero-order chi connectivity index (χ0) is 13.5. The number of H-pyrrole nitrogens is 1. The average Bonchev–Trinajstić information content (AvgIpc) is 3.02. The van der Waals surface area contributed by atoms with Crippen molar-refractivity contribution in [2.75, 3.05) is 4.72 Å². The first kappa shape index (κ1) is 12.4. The number of hydrogen-bond acceptors (Lipinski definition) is 5. The summed E-state index contributed by atoms with van der Waals surface area (Å²) in [5, 5.41) is 6.36. The first-order valence-electron chi connectivity index (χ1n) is 5.11. The maximum absolute atomic E-state index is 12.1. The first-order valence-corrected chi connectivity index (χ1v) is 7.85. The molecule has 2 N–H and O–H groups in total. The molecule has 3 rings (SSSR count). The number of hydrogen-bond donors (Lipinski definition) is 2. The molecule has 1 aromatic carbocycles. The molecule has 0 unspecified atom stereocenters. The molecule has 0 aliphatic heterocycles. The van der Waals surface area contributed by atoms with Crippen LogP contribution in [0.25, 0.3) is 10.2 Å². The molecule has 0 aliphatic carbocycles. The minimum absolute atomic E-state index is 0.0378. The van der Waals surface area contributed by atoms with Crippen molar-refractivity contribution >= 4 is 48.9 Å². The summed E-state index contributed by atoms with van der Waals surface area (Å²) in [4.78, 5) is 4.17. The second-order valence-electron chi connectivity index (χ2n) is 3.66. The third kappa shape index (κ3) is 2.18. The summed E-state index contributed by atoms with van der Waals surface area (Å²) in [7, 11) is -3.73. The Hall–Kier alpha value is -1.64. The van der Waals surface area contributed by atoms with Crippen LogP contribution in [-0.4, -0.2) is 23.6 Å². The van der Waals surface area contributed by atoms with E-state index in [1.165, 1.54) is 23.7 Å². The molecule has 2 heterocycles. The Morgan fingerprint density at radius 1 is 1.37 bits per heavy atom.